The number of anilines is 1. The van der Waals surface area contributed by atoms with Gasteiger partial charge in [0.1, 0.15) is 17.8 Å². The Morgan fingerprint density at radius 3 is 2.45 bits per heavy atom. The van der Waals surface area contributed by atoms with Crippen LogP contribution in [0.1, 0.15) is 31.9 Å². The van der Waals surface area contributed by atoms with Crippen LogP contribution in [0.3, 0.4) is 0 Å². The molecule has 10 heteroatoms. The summed E-state index contributed by atoms with van der Waals surface area (Å²) in [5.74, 6) is -0.711. The van der Waals surface area contributed by atoms with Gasteiger partial charge in [-0.25, -0.2) is 13.1 Å². The molecule has 0 spiro atoms. The summed E-state index contributed by atoms with van der Waals surface area (Å²) in [4.78, 5) is 27.3. The molecule has 0 aliphatic carbocycles. The zero-order valence-electron chi connectivity index (χ0n) is 19.2. The predicted molar refractivity (Wildman–Crippen MR) is 126 cm³/mol. The molecule has 1 aliphatic rings. The van der Waals surface area contributed by atoms with E-state index in [0.29, 0.717) is 16.8 Å². The number of hydrogen-bond acceptors (Lipinski definition) is 6. The van der Waals surface area contributed by atoms with E-state index in [4.69, 9.17) is 0 Å². The van der Waals surface area contributed by atoms with E-state index in [1.54, 1.807) is 63.2 Å². The monoisotopic (exact) mass is 474 g/mol. The van der Waals surface area contributed by atoms with Crippen molar-refractivity contribution in [1.29, 1.82) is 0 Å². The summed E-state index contributed by atoms with van der Waals surface area (Å²) in [5, 5.41) is 15.6. The highest BCUT2D eigenvalue weighted by Crippen LogP contribution is 2.40. The third-order valence-corrected chi connectivity index (χ3v) is 7.82. The van der Waals surface area contributed by atoms with Gasteiger partial charge in [0.2, 0.25) is 15.9 Å². The Morgan fingerprint density at radius 1 is 1.12 bits per heavy atom. The number of hydrogen-bond donors (Lipinski definition) is 4. The zero-order valence-corrected chi connectivity index (χ0v) is 20.0. The minimum absolute atomic E-state index is 0.0798. The summed E-state index contributed by atoms with van der Waals surface area (Å²) < 4.78 is 27.2. The zero-order chi connectivity index (χ0) is 24.4. The Balaban J connectivity index is 2.05. The standard InChI is InChI=1S/C23H30N4O5S/c1-22(2,3)33(31,32)26-15-23(25-13-16-8-7-9-17(28)12-16)18-10-5-6-11-19(18)27(21(23)30)14-20(29)24-4/h5-12,25-26,28H,13-15H2,1-4H3,(H,24,29). The number of amides is 2. The van der Waals surface area contributed by atoms with Gasteiger partial charge in [-0.3, -0.25) is 14.9 Å². The second-order valence-corrected chi connectivity index (χ2v) is 11.5. The topological polar surface area (TPSA) is 128 Å². The van der Waals surface area contributed by atoms with Crippen molar-refractivity contribution in [2.45, 2.75) is 37.6 Å². The molecule has 1 heterocycles. The number of carbonyl (C=O) groups is 2. The highest BCUT2D eigenvalue weighted by molar-refractivity contribution is 7.90. The van der Waals surface area contributed by atoms with Crippen LogP contribution in [0.25, 0.3) is 0 Å². The lowest BCUT2D eigenvalue weighted by atomic mass is 9.91. The van der Waals surface area contributed by atoms with Crippen molar-refractivity contribution in [2.24, 2.45) is 0 Å². The maximum atomic E-state index is 13.8. The summed E-state index contributed by atoms with van der Waals surface area (Å²) in [5.41, 5.74) is 0.359. The van der Waals surface area contributed by atoms with E-state index in [2.05, 4.69) is 15.4 Å². The number of phenolic OH excluding ortho intramolecular Hbond substituents is 1. The molecule has 1 aliphatic heterocycles. The Labute approximate surface area is 194 Å². The maximum absolute atomic E-state index is 13.8. The van der Waals surface area contributed by atoms with Gasteiger partial charge < -0.3 is 15.3 Å². The molecular weight excluding hydrogens is 444 g/mol. The molecule has 178 valence electrons. The van der Waals surface area contributed by atoms with Crippen molar-refractivity contribution in [2.75, 3.05) is 25.0 Å². The van der Waals surface area contributed by atoms with Crippen molar-refractivity contribution in [3.05, 3.63) is 59.7 Å². The molecule has 2 aromatic carbocycles. The van der Waals surface area contributed by atoms with Crippen LogP contribution in [0.15, 0.2) is 48.5 Å². The molecule has 0 saturated carbocycles. The molecule has 0 fully saturated rings. The number of aromatic hydroxyl groups is 1. The van der Waals surface area contributed by atoms with Crippen molar-refractivity contribution < 1.29 is 23.1 Å². The van der Waals surface area contributed by atoms with Gasteiger partial charge in [0.25, 0.3) is 5.91 Å². The largest absolute Gasteiger partial charge is 0.508 e. The molecule has 2 aromatic rings. The van der Waals surface area contributed by atoms with Gasteiger partial charge >= 0.3 is 0 Å². The van der Waals surface area contributed by atoms with Gasteiger partial charge in [0.15, 0.2) is 0 Å². The average Bonchev–Trinajstić information content (AvgIpc) is 2.98. The Bertz CT molecular complexity index is 1160. The van der Waals surface area contributed by atoms with Crippen molar-refractivity contribution in [3.8, 4) is 5.75 Å². The molecule has 4 N–H and O–H groups in total. The van der Waals surface area contributed by atoms with E-state index >= 15 is 0 Å². The van der Waals surface area contributed by atoms with E-state index in [0.717, 1.165) is 0 Å². The molecule has 0 bridgehead atoms. The number of fused-ring (bicyclic) bond motifs is 1. The maximum Gasteiger partial charge on any atom is 0.253 e. The normalized spacial score (nSPS) is 18.3. The first-order valence-corrected chi connectivity index (χ1v) is 12.0. The Morgan fingerprint density at radius 2 is 1.82 bits per heavy atom. The Hall–Kier alpha value is -2.95. The number of sulfonamides is 1. The number of phenols is 1. The van der Waals surface area contributed by atoms with Crippen molar-refractivity contribution >= 4 is 27.5 Å². The molecule has 0 radical (unpaired) electrons. The molecule has 0 aromatic heterocycles. The van der Waals surface area contributed by atoms with E-state index in [1.807, 2.05) is 0 Å². The minimum Gasteiger partial charge on any atom is -0.508 e. The van der Waals surface area contributed by atoms with Crippen LogP contribution in [0.5, 0.6) is 5.75 Å². The first kappa shape index (κ1) is 24.7. The fourth-order valence-electron chi connectivity index (χ4n) is 3.65. The van der Waals surface area contributed by atoms with Crippen molar-refractivity contribution in [1.82, 2.24) is 15.4 Å². The van der Waals surface area contributed by atoms with Crippen molar-refractivity contribution in [3.63, 3.8) is 0 Å². The molecule has 0 saturated heterocycles. The first-order valence-electron chi connectivity index (χ1n) is 10.6. The van der Waals surface area contributed by atoms with Gasteiger partial charge in [-0.05, 0) is 44.5 Å². The van der Waals surface area contributed by atoms with Gasteiger partial charge in [-0.15, -0.1) is 0 Å². The van der Waals surface area contributed by atoms with Gasteiger partial charge in [0.05, 0.1) is 4.75 Å². The van der Waals surface area contributed by atoms with E-state index < -0.39 is 26.2 Å². The number of nitrogens with zero attached hydrogens (tertiary/aromatic N) is 1. The number of nitrogens with one attached hydrogen (secondary N) is 3. The number of benzene rings is 2. The molecule has 3 rings (SSSR count). The lowest BCUT2D eigenvalue weighted by Crippen LogP contribution is -2.58. The van der Waals surface area contributed by atoms with E-state index in [1.165, 1.54) is 18.0 Å². The third-order valence-electron chi connectivity index (χ3n) is 5.68. The second-order valence-electron chi connectivity index (χ2n) is 8.95. The minimum atomic E-state index is -3.76. The summed E-state index contributed by atoms with van der Waals surface area (Å²) in [7, 11) is -2.28. The molecule has 1 unspecified atom stereocenters. The lowest BCUT2D eigenvalue weighted by molar-refractivity contribution is -0.126. The van der Waals surface area contributed by atoms with Crippen LogP contribution in [0.4, 0.5) is 5.69 Å². The van der Waals surface area contributed by atoms with Crippen LogP contribution >= 0.6 is 0 Å². The molecular formula is C23H30N4O5S. The smallest absolute Gasteiger partial charge is 0.253 e. The third kappa shape index (κ3) is 4.87. The second kappa shape index (κ2) is 9.12. The van der Waals surface area contributed by atoms with Gasteiger partial charge in [-0.2, -0.15) is 0 Å². The highest BCUT2D eigenvalue weighted by Gasteiger charge is 2.51. The first-order chi connectivity index (χ1) is 15.4. The SMILES string of the molecule is CNC(=O)CN1C(=O)C(CNS(=O)(=O)C(C)(C)C)(NCc2cccc(O)c2)c2ccccc21. The van der Waals surface area contributed by atoms with E-state index in [-0.39, 0.29) is 31.3 Å². The average molecular weight is 475 g/mol. The van der Waals surface area contributed by atoms with Crippen LogP contribution in [0, 0.1) is 0 Å². The molecule has 2 amide bonds. The number of carbonyl (C=O) groups excluding carboxylic acids is 2. The van der Waals surface area contributed by atoms with Crippen LogP contribution < -0.4 is 20.3 Å². The van der Waals surface area contributed by atoms with Gasteiger partial charge in [0, 0.05) is 31.4 Å². The van der Waals surface area contributed by atoms with Crippen LogP contribution in [-0.2, 0) is 31.7 Å². The number of likely N-dealkylation sites (N-methyl/N-ethyl adjacent to an activating group) is 1. The van der Waals surface area contributed by atoms with E-state index in [9.17, 15) is 23.1 Å². The fourth-order valence-corrected chi connectivity index (χ4v) is 4.49. The lowest BCUT2D eigenvalue weighted by Gasteiger charge is -2.32. The molecule has 33 heavy (non-hydrogen) atoms. The number of rotatable bonds is 8. The summed E-state index contributed by atoms with van der Waals surface area (Å²) in [6.45, 7) is 4.46. The molecule has 1 atom stereocenters. The quantitative estimate of drug-likeness (QED) is 0.455. The predicted octanol–water partition coefficient (Wildman–Crippen LogP) is 1.19. The summed E-state index contributed by atoms with van der Waals surface area (Å²) >= 11 is 0. The summed E-state index contributed by atoms with van der Waals surface area (Å²) in [6, 6.07) is 13.6. The summed E-state index contributed by atoms with van der Waals surface area (Å²) in [6.07, 6.45) is 0. The highest BCUT2D eigenvalue weighted by atomic mass is 32.2. The fraction of sp³-hybridized carbons (Fsp3) is 0.391. The van der Waals surface area contributed by atoms with Crippen LogP contribution in [0.2, 0.25) is 0 Å². The Kier molecular flexibility index (Phi) is 6.83. The van der Waals surface area contributed by atoms with Crippen LogP contribution in [-0.4, -0.2) is 50.2 Å². The van der Waals surface area contributed by atoms with Gasteiger partial charge in [-0.1, -0.05) is 30.3 Å². The number of para-hydroxylation sites is 1. The molecule has 9 nitrogen and oxygen atoms in total.